The minimum absolute atomic E-state index is 0.0328. The van der Waals surface area contributed by atoms with Crippen molar-refractivity contribution in [3.63, 3.8) is 0 Å². The Labute approximate surface area is 89.2 Å². The molecule has 1 fully saturated rings. The highest BCUT2D eigenvalue weighted by molar-refractivity contribution is 6.27. The standard InChI is InChI=1S/C11H14ClNO/c12-8-11(14)13-7-3-5-9-4-1-2-6-10(9)13/h4,6H,1-3,5,7-8H2. The van der Waals surface area contributed by atoms with Crippen LogP contribution in [-0.2, 0) is 4.79 Å². The summed E-state index contributed by atoms with van der Waals surface area (Å²) in [4.78, 5) is 13.4. The van der Waals surface area contributed by atoms with Crippen molar-refractivity contribution in [2.45, 2.75) is 25.7 Å². The molecule has 2 aliphatic rings. The van der Waals surface area contributed by atoms with E-state index in [4.69, 9.17) is 11.6 Å². The van der Waals surface area contributed by atoms with Crippen molar-refractivity contribution in [1.29, 1.82) is 0 Å². The lowest BCUT2D eigenvalue weighted by Crippen LogP contribution is -2.36. The van der Waals surface area contributed by atoms with E-state index in [0.717, 1.165) is 37.9 Å². The molecule has 0 saturated carbocycles. The number of alkyl halides is 1. The van der Waals surface area contributed by atoms with Crippen LogP contribution in [0.25, 0.3) is 0 Å². The highest BCUT2D eigenvalue weighted by atomic mass is 35.5. The topological polar surface area (TPSA) is 20.3 Å². The zero-order chi connectivity index (χ0) is 9.97. The third-order valence-electron chi connectivity index (χ3n) is 2.76. The van der Waals surface area contributed by atoms with Gasteiger partial charge < -0.3 is 4.90 Å². The van der Waals surface area contributed by atoms with Crippen LogP contribution in [0.4, 0.5) is 0 Å². The molecule has 1 heterocycles. The molecule has 0 unspecified atom stereocenters. The highest BCUT2D eigenvalue weighted by Crippen LogP contribution is 2.30. The number of hydrogen-bond donors (Lipinski definition) is 0. The molecule has 1 saturated heterocycles. The van der Waals surface area contributed by atoms with Gasteiger partial charge in [0, 0.05) is 12.2 Å². The predicted molar refractivity (Wildman–Crippen MR) is 57.1 cm³/mol. The number of allylic oxidation sites excluding steroid dienone is 3. The largest absolute Gasteiger partial charge is 0.311 e. The number of piperidine rings is 1. The van der Waals surface area contributed by atoms with E-state index in [1.165, 1.54) is 5.57 Å². The average molecular weight is 212 g/mol. The monoisotopic (exact) mass is 211 g/mol. The normalized spacial score (nSPS) is 21.1. The van der Waals surface area contributed by atoms with Crippen molar-refractivity contribution >= 4 is 17.5 Å². The maximum atomic E-state index is 11.5. The summed E-state index contributed by atoms with van der Waals surface area (Å²) < 4.78 is 0. The molecule has 0 radical (unpaired) electrons. The summed E-state index contributed by atoms with van der Waals surface area (Å²) in [6.07, 6.45) is 8.75. The van der Waals surface area contributed by atoms with Crippen LogP contribution in [0.1, 0.15) is 25.7 Å². The van der Waals surface area contributed by atoms with Gasteiger partial charge >= 0.3 is 0 Å². The zero-order valence-corrected chi connectivity index (χ0v) is 8.89. The van der Waals surface area contributed by atoms with Gasteiger partial charge in [-0.05, 0) is 31.3 Å². The molecule has 76 valence electrons. The quantitative estimate of drug-likeness (QED) is 0.611. The van der Waals surface area contributed by atoms with Crippen molar-refractivity contribution in [1.82, 2.24) is 4.90 Å². The summed E-state index contributed by atoms with van der Waals surface area (Å²) in [5, 5.41) is 0. The number of nitrogens with zero attached hydrogens (tertiary/aromatic N) is 1. The van der Waals surface area contributed by atoms with Crippen molar-refractivity contribution in [3.8, 4) is 0 Å². The van der Waals surface area contributed by atoms with E-state index < -0.39 is 0 Å². The lowest BCUT2D eigenvalue weighted by molar-refractivity contribution is -0.126. The minimum Gasteiger partial charge on any atom is -0.311 e. The fourth-order valence-corrected chi connectivity index (χ4v) is 2.25. The summed E-state index contributed by atoms with van der Waals surface area (Å²) in [5.41, 5.74) is 2.45. The molecule has 0 bridgehead atoms. The van der Waals surface area contributed by atoms with Crippen LogP contribution in [0, 0.1) is 0 Å². The Kier molecular flexibility index (Phi) is 2.92. The Morgan fingerprint density at radius 3 is 3.00 bits per heavy atom. The Bertz CT molecular complexity index is 306. The molecule has 1 aliphatic carbocycles. The Morgan fingerprint density at radius 1 is 1.43 bits per heavy atom. The third-order valence-corrected chi connectivity index (χ3v) is 2.99. The predicted octanol–water partition coefficient (Wildman–Crippen LogP) is 2.45. The molecule has 1 aliphatic heterocycles. The molecule has 14 heavy (non-hydrogen) atoms. The number of rotatable bonds is 1. The first-order valence-corrected chi connectivity index (χ1v) is 5.62. The van der Waals surface area contributed by atoms with Crippen molar-refractivity contribution in [3.05, 3.63) is 23.4 Å². The molecule has 0 aromatic carbocycles. The Hall–Kier alpha value is -0.760. The van der Waals surface area contributed by atoms with Crippen LogP contribution in [0.2, 0.25) is 0 Å². The van der Waals surface area contributed by atoms with Gasteiger partial charge in [0.1, 0.15) is 5.88 Å². The number of halogens is 1. The van der Waals surface area contributed by atoms with Gasteiger partial charge in [-0.2, -0.15) is 0 Å². The molecule has 3 heteroatoms. The van der Waals surface area contributed by atoms with E-state index in [1.807, 2.05) is 4.90 Å². The summed E-state index contributed by atoms with van der Waals surface area (Å²) in [6.45, 7) is 0.828. The molecule has 0 aromatic heterocycles. The number of amides is 1. The fraction of sp³-hybridized carbons (Fsp3) is 0.545. The molecular formula is C11H14ClNO. The Balaban J connectivity index is 2.22. The molecule has 2 nitrogen and oxygen atoms in total. The molecule has 1 amide bonds. The van der Waals surface area contributed by atoms with Crippen molar-refractivity contribution < 1.29 is 4.79 Å². The van der Waals surface area contributed by atoms with Gasteiger partial charge in [0.2, 0.25) is 5.91 Å². The molecule has 0 spiro atoms. The zero-order valence-electron chi connectivity index (χ0n) is 8.13. The molecule has 2 rings (SSSR count). The van der Waals surface area contributed by atoms with Crippen LogP contribution in [-0.4, -0.2) is 23.2 Å². The SMILES string of the molecule is O=C(CCl)N1CCCC2=CCCC=C21. The smallest absolute Gasteiger partial charge is 0.241 e. The number of likely N-dealkylation sites (tertiary alicyclic amines) is 1. The average Bonchev–Trinajstić information content (AvgIpc) is 2.27. The van der Waals surface area contributed by atoms with Gasteiger partial charge in [0.15, 0.2) is 0 Å². The van der Waals surface area contributed by atoms with E-state index in [0.29, 0.717) is 0 Å². The van der Waals surface area contributed by atoms with Crippen molar-refractivity contribution in [2.75, 3.05) is 12.4 Å². The Morgan fingerprint density at radius 2 is 2.21 bits per heavy atom. The van der Waals surface area contributed by atoms with Gasteiger partial charge in [0.25, 0.3) is 0 Å². The lowest BCUT2D eigenvalue weighted by atomic mass is 9.94. The highest BCUT2D eigenvalue weighted by Gasteiger charge is 2.24. The number of carbonyl (C=O) groups is 1. The van der Waals surface area contributed by atoms with Gasteiger partial charge in [0.05, 0.1) is 0 Å². The van der Waals surface area contributed by atoms with Crippen LogP contribution in [0.5, 0.6) is 0 Å². The fourth-order valence-electron chi connectivity index (χ4n) is 2.11. The van der Waals surface area contributed by atoms with E-state index in [1.54, 1.807) is 0 Å². The van der Waals surface area contributed by atoms with Gasteiger partial charge in [-0.25, -0.2) is 0 Å². The first-order chi connectivity index (χ1) is 6.83. The third kappa shape index (κ3) is 1.71. The summed E-state index contributed by atoms with van der Waals surface area (Å²) in [7, 11) is 0. The van der Waals surface area contributed by atoms with Crippen LogP contribution in [0.15, 0.2) is 23.4 Å². The summed E-state index contributed by atoms with van der Waals surface area (Å²) in [6, 6.07) is 0. The van der Waals surface area contributed by atoms with Gasteiger partial charge in [-0.3, -0.25) is 4.79 Å². The van der Waals surface area contributed by atoms with Crippen molar-refractivity contribution in [2.24, 2.45) is 0 Å². The lowest BCUT2D eigenvalue weighted by Gasteiger charge is -2.33. The first-order valence-electron chi connectivity index (χ1n) is 5.09. The molecule has 0 aromatic rings. The molecule has 0 atom stereocenters. The van der Waals surface area contributed by atoms with Crippen LogP contribution < -0.4 is 0 Å². The number of carbonyl (C=O) groups excluding carboxylic acids is 1. The van der Waals surface area contributed by atoms with Crippen LogP contribution in [0.3, 0.4) is 0 Å². The maximum absolute atomic E-state index is 11.5. The number of fused-ring (bicyclic) bond motifs is 1. The summed E-state index contributed by atoms with van der Waals surface area (Å²) >= 11 is 5.58. The second-order valence-corrected chi connectivity index (χ2v) is 3.95. The molecule has 0 N–H and O–H groups in total. The minimum atomic E-state index is 0.0328. The second-order valence-electron chi connectivity index (χ2n) is 3.68. The number of hydrogen-bond acceptors (Lipinski definition) is 1. The van der Waals surface area contributed by atoms with Crippen LogP contribution >= 0.6 is 11.6 Å². The first kappa shape index (κ1) is 9.78. The van der Waals surface area contributed by atoms with E-state index >= 15 is 0 Å². The molecular weight excluding hydrogens is 198 g/mol. The van der Waals surface area contributed by atoms with Gasteiger partial charge in [-0.1, -0.05) is 12.2 Å². The second kappa shape index (κ2) is 4.18. The van der Waals surface area contributed by atoms with E-state index in [2.05, 4.69) is 12.2 Å². The van der Waals surface area contributed by atoms with Gasteiger partial charge in [-0.15, -0.1) is 11.6 Å². The van der Waals surface area contributed by atoms with E-state index in [9.17, 15) is 4.79 Å². The summed E-state index contributed by atoms with van der Waals surface area (Å²) in [5.74, 6) is 0.121. The van der Waals surface area contributed by atoms with E-state index in [-0.39, 0.29) is 11.8 Å². The maximum Gasteiger partial charge on any atom is 0.241 e.